The van der Waals surface area contributed by atoms with Crippen LogP contribution in [0.5, 0.6) is 11.5 Å². The molecule has 0 spiro atoms. The number of likely N-dealkylation sites (tertiary alicyclic amines) is 2. The van der Waals surface area contributed by atoms with Crippen LogP contribution in [-0.4, -0.2) is 66.4 Å². The largest absolute Gasteiger partial charge is 0.486 e. The SMILES string of the molecule is NC(=O)C1CC(=O)N(C2CCN(C(=O)c3cccc4c3OCCO4)CC2)C1. The molecule has 8 heteroatoms. The minimum absolute atomic E-state index is 0.0220. The van der Waals surface area contributed by atoms with Crippen molar-refractivity contribution >= 4 is 17.7 Å². The molecule has 8 nitrogen and oxygen atoms in total. The van der Waals surface area contributed by atoms with Gasteiger partial charge in [0.15, 0.2) is 11.5 Å². The lowest BCUT2D eigenvalue weighted by Gasteiger charge is -2.37. The molecule has 4 rings (SSSR count). The molecule has 3 heterocycles. The standard InChI is InChI=1S/C19H23N3O5/c20-18(24)12-10-16(23)22(11-12)13-4-6-21(7-5-13)19(25)14-2-1-3-15-17(14)27-9-8-26-15/h1-3,12-13H,4-11H2,(H2,20,24). The van der Waals surface area contributed by atoms with Crippen LogP contribution in [0.15, 0.2) is 18.2 Å². The van der Waals surface area contributed by atoms with Crippen LogP contribution >= 0.6 is 0 Å². The van der Waals surface area contributed by atoms with Gasteiger partial charge in [0, 0.05) is 32.1 Å². The van der Waals surface area contributed by atoms with E-state index in [0.29, 0.717) is 62.8 Å². The lowest BCUT2D eigenvalue weighted by Crippen LogP contribution is -2.47. The Morgan fingerprint density at radius 2 is 1.85 bits per heavy atom. The quantitative estimate of drug-likeness (QED) is 0.826. The highest BCUT2D eigenvalue weighted by Gasteiger charge is 2.38. The number of ether oxygens (including phenoxy) is 2. The number of carbonyl (C=O) groups excluding carboxylic acids is 3. The Labute approximate surface area is 157 Å². The smallest absolute Gasteiger partial charge is 0.257 e. The second kappa shape index (κ2) is 7.09. The van der Waals surface area contributed by atoms with Crippen molar-refractivity contribution in [1.82, 2.24) is 9.80 Å². The zero-order valence-electron chi connectivity index (χ0n) is 15.1. The van der Waals surface area contributed by atoms with Gasteiger partial charge >= 0.3 is 0 Å². The molecule has 0 aromatic heterocycles. The predicted octanol–water partition coefficient (Wildman–Crippen LogP) is 0.396. The third-order valence-corrected chi connectivity index (χ3v) is 5.55. The molecule has 27 heavy (non-hydrogen) atoms. The highest BCUT2D eigenvalue weighted by molar-refractivity contribution is 5.98. The number of rotatable bonds is 3. The van der Waals surface area contributed by atoms with Crippen LogP contribution in [0.2, 0.25) is 0 Å². The molecule has 3 aliphatic rings. The van der Waals surface area contributed by atoms with Crippen molar-refractivity contribution in [1.29, 1.82) is 0 Å². The average molecular weight is 373 g/mol. The van der Waals surface area contributed by atoms with Crippen molar-refractivity contribution in [3.8, 4) is 11.5 Å². The number of benzene rings is 1. The maximum atomic E-state index is 13.0. The van der Waals surface area contributed by atoms with E-state index in [1.54, 1.807) is 28.0 Å². The third-order valence-electron chi connectivity index (χ3n) is 5.55. The van der Waals surface area contributed by atoms with Crippen molar-refractivity contribution in [2.45, 2.75) is 25.3 Å². The Morgan fingerprint density at radius 1 is 1.11 bits per heavy atom. The molecule has 1 aromatic rings. The summed E-state index contributed by atoms with van der Waals surface area (Å²) in [6, 6.07) is 5.39. The molecule has 0 bridgehead atoms. The fraction of sp³-hybridized carbons (Fsp3) is 0.526. The molecule has 2 saturated heterocycles. The summed E-state index contributed by atoms with van der Waals surface area (Å²) in [5, 5.41) is 0. The molecule has 1 aromatic carbocycles. The number of hydrogen-bond acceptors (Lipinski definition) is 5. The minimum Gasteiger partial charge on any atom is -0.486 e. The number of para-hydroxylation sites is 1. The van der Waals surface area contributed by atoms with Crippen LogP contribution in [0.25, 0.3) is 0 Å². The second-order valence-electron chi connectivity index (χ2n) is 7.20. The van der Waals surface area contributed by atoms with Gasteiger partial charge in [-0.05, 0) is 25.0 Å². The molecule has 1 atom stereocenters. The lowest BCUT2D eigenvalue weighted by molar-refractivity contribution is -0.130. The maximum Gasteiger partial charge on any atom is 0.257 e. The Bertz CT molecular complexity index is 773. The molecule has 2 fully saturated rings. The van der Waals surface area contributed by atoms with Crippen molar-refractivity contribution in [3.63, 3.8) is 0 Å². The minimum atomic E-state index is -0.422. The fourth-order valence-electron chi connectivity index (χ4n) is 4.07. The molecule has 2 N–H and O–H groups in total. The molecular formula is C19H23N3O5. The molecule has 0 radical (unpaired) electrons. The number of nitrogens with two attached hydrogens (primary N) is 1. The van der Waals surface area contributed by atoms with E-state index in [2.05, 4.69) is 0 Å². The van der Waals surface area contributed by atoms with Gasteiger partial charge in [0.25, 0.3) is 5.91 Å². The van der Waals surface area contributed by atoms with E-state index in [1.165, 1.54) is 0 Å². The summed E-state index contributed by atoms with van der Waals surface area (Å²) < 4.78 is 11.2. The van der Waals surface area contributed by atoms with Crippen LogP contribution in [0, 0.1) is 5.92 Å². The van der Waals surface area contributed by atoms with Crippen LogP contribution in [0.4, 0.5) is 0 Å². The number of nitrogens with zero attached hydrogens (tertiary/aromatic N) is 2. The van der Waals surface area contributed by atoms with E-state index < -0.39 is 11.8 Å². The van der Waals surface area contributed by atoms with Crippen LogP contribution < -0.4 is 15.2 Å². The summed E-state index contributed by atoms with van der Waals surface area (Å²) >= 11 is 0. The van der Waals surface area contributed by atoms with Crippen molar-refractivity contribution in [3.05, 3.63) is 23.8 Å². The zero-order chi connectivity index (χ0) is 19.0. The molecule has 3 amide bonds. The van der Waals surface area contributed by atoms with E-state index in [1.807, 2.05) is 0 Å². The first kappa shape index (κ1) is 17.6. The number of primary amides is 1. The van der Waals surface area contributed by atoms with Gasteiger partial charge in [-0.1, -0.05) is 6.07 Å². The fourth-order valence-corrected chi connectivity index (χ4v) is 4.07. The van der Waals surface area contributed by atoms with Crippen molar-refractivity contribution in [2.24, 2.45) is 11.7 Å². The molecule has 0 aliphatic carbocycles. The first-order chi connectivity index (χ1) is 13.0. The Morgan fingerprint density at radius 3 is 2.56 bits per heavy atom. The molecule has 1 unspecified atom stereocenters. The Hall–Kier alpha value is -2.77. The van der Waals surface area contributed by atoms with Crippen LogP contribution in [-0.2, 0) is 9.59 Å². The number of fused-ring (bicyclic) bond motifs is 1. The van der Waals surface area contributed by atoms with E-state index in [0.717, 1.165) is 0 Å². The van der Waals surface area contributed by atoms with Crippen molar-refractivity contribution in [2.75, 3.05) is 32.8 Å². The van der Waals surface area contributed by atoms with Gasteiger partial charge in [0.2, 0.25) is 11.8 Å². The number of hydrogen-bond donors (Lipinski definition) is 1. The van der Waals surface area contributed by atoms with E-state index in [-0.39, 0.29) is 24.3 Å². The van der Waals surface area contributed by atoms with Gasteiger partial charge in [0.05, 0.1) is 11.5 Å². The third kappa shape index (κ3) is 3.31. The maximum absolute atomic E-state index is 13.0. The predicted molar refractivity (Wildman–Crippen MR) is 95.4 cm³/mol. The number of carbonyl (C=O) groups is 3. The number of amides is 3. The highest BCUT2D eigenvalue weighted by Crippen LogP contribution is 2.35. The van der Waals surface area contributed by atoms with Crippen molar-refractivity contribution < 1.29 is 23.9 Å². The molecule has 3 aliphatic heterocycles. The summed E-state index contributed by atoms with van der Waals surface area (Å²) in [6.45, 7) is 2.41. The molecular weight excluding hydrogens is 350 g/mol. The molecule has 0 saturated carbocycles. The lowest BCUT2D eigenvalue weighted by atomic mass is 10.0. The first-order valence-electron chi connectivity index (χ1n) is 9.31. The van der Waals surface area contributed by atoms with E-state index >= 15 is 0 Å². The van der Waals surface area contributed by atoms with Gasteiger partial charge in [-0.2, -0.15) is 0 Å². The number of piperidine rings is 1. The molecule has 144 valence electrons. The van der Waals surface area contributed by atoms with Gasteiger partial charge in [-0.25, -0.2) is 0 Å². The summed E-state index contributed by atoms with van der Waals surface area (Å²) in [7, 11) is 0. The summed E-state index contributed by atoms with van der Waals surface area (Å²) in [4.78, 5) is 40.1. The summed E-state index contributed by atoms with van der Waals surface area (Å²) in [6.07, 6.45) is 1.58. The summed E-state index contributed by atoms with van der Waals surface area (Å²) in [5.41, 5.74) is 5.85. The van der Waals surface area contributed by atoms with Gasteiger partial charge in [-0.15, -0.1) is 0 Å². The Kier molecular flexibility index (Phi) is 4.63. The highest BCUT2D eigenvalue weighted by atomic mass is 16.6. The van der Waals surface area contributed by atoms with Gasteiger partial charge < -0.3 is 25.0 Å². The summed E-state index contributed by atoms with van der Waals surface area (Å²) in [5.74, 6) is 0.182. The Balaban J connectivity index is 1.41. The average Bonchev–Trinajstić information content (AvgIpc) is 3.09. The monoisotopic (exact) mass is 373 g/mol. The van der Waals surface area contributed by atoms with Gasteiger partial charge in [0.1, 0.15) is 13.2 Å². The van der Waals surface area contributed by atoms with Gasteiger partial charge in [-0.3, -0.25) is 14.4 Å². The van der Waals surface area contributed by atoms with E-state index in [4.69, 9.17) is 15.2 Å². The normalized spacial score (nSPS) is 22.8. The first-order valence-corrected chi connectivity index (χ1v) is 9.31. The topological polar surface area (TPSA) is 102 Å². The second-order valence-corrected chi connectivity index (χ2v) is 7.20. The van der Waals surface area contributed by atoms with Crippen LogP contribution in [0.1, 0.15) is 29.6 Å². The zero-order valence-corrected chi connectivity index (χ0v) is 15.1. The van der Waals surface area contributed by atoms with Crippen LogP contribution in [0.3, 0.4) is 0 Å². The van der Waals surface area contributed by atoms with E-state index in [9.17, 15) is 14.4 Å².